The van der Waals surface area contributed by atoms with Crippen LogP contribution < -0.4 is 0 Å². The molecule has 2 atom stereocenters. The van der Waals surface area contributed by atoms with E-state index in [2.05, 4.69) is 102 Å². The molecule has 28 heavy (non-hydrogen) atoms. The second kappa shape index (κ2) is 7.64. The summed E-state index contributed by atoms with van der Waals surface area (Å²) in [5, 5.41) is 0. The van der Waals surface area contributed by atoms with E-state index in [1.165, 1.54) is 11.1 Å². The van der Waals surface area contributed by atoms with E-state index in [0.29, 0.717) is 0 Å². The van der Waals surface area contributed by atoms with Gasteiger partial charge in [-0.15, -0.1) is 0 Å². The molecule has 2 unspecified atom stereocenters. The SMILES string of the molecule is CC(C)(C)C1=Cc2ccccc2C(C2[Te]C(C(C)(C)C)=Cc3ccccc32)[Te]1. The Morgan fingerprint density at radius 1 is 0.571 bits per heavy atom. The molecule has 0 N–H and O–H groups in total. The third-order valence-electron chi connectivity index (χ3n) is 5.44. The van der Waals surface area contributed by atoms with Gasteiger partial charge in [-0.2, -0.15) is 0 Å². The number of allylic oxidation sites excluding steroid dienone is 2. The molecule has 2 heteroatoms. The second-order valence-corrected chi connectivity index (χ2v) is 16.6. The van der Waals surface area contributed by atoms with Crippen molar-refractivity contribution in [2.24, 2.45) is 10.8 Å². The molecular weight excluding hydrogens is 567 g/mol. The minimum absolute atomic E-state index is 0.261. The van der Waals surface area contributed by atoms with Gasteiger partial charge in [0.2, 0.25) is 0 Å². The van der Waals surface area contributed by atoms with E-state index in [1.54, 1.807) is 18.4 Å². The monoisotopic (exact) mass is 602 g/mol. The molecule has 0 saturated heterocycles. The van der Waals surface area contributed by atoms with Crippen molar-refractivity contribution in [3.63, 3.8) is 0 Å². The average molecular weight is 598 g/mol. The number of benzene rings is 2. The van der Waals surface area contributed by atoms with Crippen molar-refractivity contribution in [1.29, 1.82) is 0 Å². The molecule has 2 heterocycles. The van der Waals surface area contributed by atoms with Gasteiger partial charge in [-0.25, -0.2) is 0 Å². The fourth-order valence-electron chi connectivity index (χ4n) is 3.79. The fraction of sp³-hybridized carbons (Fsp3) is 0.385. The topological polar surface area (TPSA) is 0 Å². The van der Waals surface area contributed by atoms with Crippen LogP contribution in [0.1, 0.15) is 71.7 Å². The van der Waals surface area contributed by atoms with Crippen LogP contribution in [0.2, 0.25) is 0 Å². The maximum absolute atomic E-state index is 2.53. The average Bonchev–Trinajstić information content (AvgIpc) is 2.65. The summed E-state index contributed by atoms with van der Waals surface area (Å²) in [6.07, 6.45) is 5.06. The standard InChI is InChI=1S/C26H30Te2/c1-25(2,3)21-15-17-11-7-9-13-19(17)23(27-21)24-20-14-10-8-12-18(20)16-22(28-24)26(4,5)6/h7-16,23-24H,1-6H3. The Balaban J connectivity index is 1.84. The maximum atomic E-state index is 2.53. The van der Waals surface area contributed by atoms with Gasteiger partial charge in [-0.1, -0.05) is 0 Å². The molecule has 146 valence electrons. The first kappa shape index (κ1) is 20.8. The zero-order valence-corrected chi connectivity index (χ0v) is 22.4. The molecular formula is C26H30Te2. The van der Waals surface area contributed by atoms with Crippen molar-refractivity contribution in [2.45, 2.75) is 49.5 Å². The quantitative estimate of drug-likeness (QED) is 0.322. The van der Waals surface area contributed by atoms with Gasteiger partial charge >= 0.3 is 192 Å². The van der Waals surface area contributed by atoms with E-state index in [1.807, 2.05) is 0 Å². The zero-order valence-electron chi connectivity index (χ0n) is 17.7. The molecule has 0 bridgehead atoms. The van der Waals surface area contributed by atoms with Crippen LogP contribution in [0.15, 0.2) is 55.8 Å². The van der Waals surface area contributed by atoms with Crippen molar-refractivity contribution in [1.82, 2.24) is 0 Å². The van der Waals surface area contributed by atoms with E-state index in [-0.39, 0.29) is 52.7 Å². The van der Waals surface area contributed by atoms with Crippen molar-refractivity contribution < 1.29 is 0 Å². The third-order valence-corrected chi connectivity index (χ3v) is 17.2. The Bertz CT molecular complexity index is 871. The van der Waals surface area contributed by atoms with Crippen molar-refractivity contribution in [2.75, 3.05) is 0 Å². The van der Waals surface area contributed by atoms with E-state index >= 15 is 0 Å². The number of rotatable bonds is 1. The van der Waals surface area contributed by atoms with Gasteiger partial charge in [0.15, 0.2) is 0 Å². The first-order chi connectivity index (χ1) is 13.1. The Kier molecular flexibility index (Phi) is 5.66. The summed E-state index contributed by atoms with van der Waals surface area (Å²) in [6.45, 7) is 14.4. The Hall–Kier alpha value is -0.501. The van der Waals surface area contributed by atoms with Crippen LogP contribution in [0.3, 0.4) is 0 Å². The third kappa shape index (κ3) is 4.05. The van der Waals surface area contributed by atoms with Crippen molar-refractivity contribution in [3.8, 4) is 0 Å². The Morgan fingerprint density at radius 3 is 1.29 bits per heavy atom. The molecule has 0 saturated carbocycles. The zero-order chi connectivity index (χ0) is 20.1. The van der Waals surface area contributed by atoms with E-state index in [9.17, 15) is 0 Å². The normalized spacial score (nSPS) is 22.1. The van der Waals surface area contributed by atoms with Crippen LogP contribution in [0, 0.1) is 10.8 Å². The summed E-state index contributed by atoms with van der Waals surface area (Å²) in [7, 11) is 0. The molecule has 2 aliphatic heterocycles. The molecule has 0 radical (unpaired) electrons. The van der Waals surface area contributed by atoms with Gasteiger partial charge < -0.3 is 0 Å². The van der Waals surface area contributed by atoms with Gasteiger partial charge in [0, 0.05) is 0 Å². The first-order valence-corrected chi connectivity index (χ1v) is 15.1. The molecule has 2 aromatic rings. The molecule has 0 nitrogen and oxygen atoms in total. The minimum atomic E-state index is -0.261. The molecule has 0 spiro atoms. The van der Waals surface area contributed by atoms with Gasteiger partial charge in [-0.3, -0.25) is 0 Å². The molecule has 0 amide bonds. The van der Waals surface area contributed by atoms with Gasteiger partial charge in [0.05, 0.1) is 0 Å². The summed E-state index contributed by atoms with van der Waals surface area (Å²) in [6, 6.07) is 18.5. The van der Waals surface area contributed by atoms with E-state index in [0.717, 1.165) is 7.93 Å². The fourth-order valence-corrected chi connectivity index (χ4v) is 14.1. The molecule has 0 fully saturated rings. The van der Waals surface area contributed by atoms with Crippen LogP contribution in [0.25, 0.3) is 12.2 Å². The van der Waals surface area contributed by atoms with Crippen LogP contribution in [0.4, 0.5) is 0 Å². The molecule has 2 aliphatic rings. The van der Waals surface area contributed by atoms with Crippen molar-refractivity contribution in [3.05, 3.63) is 78.0 Å². The van der Waals surface area contributed by atoms with Crippen LogP contribution in [-0.2, 0) is 0 Å². The summed E-state index contributed by atoms with van der Waals surface area (Å²) in [5.74, 6) is 0. The number of hydrogen-bond acceptors (Lipinski definition) is 0. The second-order valence-electron chi connectivity index (χ2n) is 9.85. The number of fused-ring (bicyclic) bond motifs is 2. The molecule has 2 aromatic carbocycles. The van der Waals surface area contributed by atoms with Crippen LogP contribution >= 0.6 is 0 Å². The molecule has 0 aliphatic carbocycles. The van der Waals surface area contributed by atoms with Gasteiger partial charge in [0.25, 0.3) is 0 Å². The van der Waals surface area contributed by atoms with E-state index < -0.39 is 0 Å². The predicted octanol–water partition coefficient (Wildman–Crippen LogP) is 6.68. The first-order valence-electron chi connectivity index (χ1n) is 10.1. The van der Waals surface area contributed by atoms with Crippen molar-refractivity contribution >= 4 is 54.0 Å². The number of hydrogen-bond donors (Lipinski definition) is 0. The van der Waals surface area contributed by atoms with Gasteiger partial charge in [-0.05, 0) is 0 Å². The summed E-state index contributed by atoms with van der Waals surface area (Å²) in [4.78, 5) is 0. The van der Waals surface area contributed by atoms with E-state index in [4.69, 9.17) is 0 Å². The Labute approximate surface area is 191 Å². The predicted molar refractivity (Wildman–Crippen MR) is 125 cm³/mol. The van der Waals surface area contributed by atoms with Gasteiger partial charge in [0.1, 0.15) is 0 Å². The molecule has 4 rings (SSSR count). The summed E-state index contributed by atoms with van der Waals surface area (Å²) < 4.78 is 4.93. The molecule has 0 aromatic heterocycles. The summed E-state index contributed by atoms with van der Waals surface area (Å²) >= 11 is -0.522. The Morgan fingerprint density at radius 2 is 0.929 bits per heavy atom. The van der Waals surface area contributed by atoms with Crippen LogP contribution in [0.5, 0.6) is 0 Å². The summed E-state index contributed by atoms with van der Waals surface area (Å²) in [5.41, 5.74) is 6.77. The van der Waals surface area contributed by atoms with Crippen LogP contribution in [-0.4, -0.2) is 41.8 Å².